The van der Waals surface area contributed by atoms with Crippen molar-refractivity contribution >= 4 is 12.2 Å². The third-order valence-electron chi connectivity index (χ3n) is 5.05. The highest BCUT2D eigenvalue weighted by Crippen LogP contribution is 2.38. The van der Waals surface area contributed by atoms with Crippen molar-refractivity contribution in [2.45, 2.75) is 71.0 Å². The molecule has 20 heavy (non-hydrogen) atoms. The molecule has 116 valence electrons. The fourth-order valence-electron chi connectivity index (χ4n) is 3.37. The number of carbonyl (C=O) groups excluding carboxylic acids is 2. The predicted octanol–water partition coefficient (Wildman–Crippen LogP) is 2.32. The van der Waals surface area contributed by atoms with Crippen molar-refractivity contribution in [1.82, 2.24) is 9.80 Å². The summed E-state index contributed by atoms with van der Waals surface area (Å²) in [5, 5.41) is 0. The van der Waals surface area contributed by atoms with Crippen LogP contribution >= 0.6 is 0 Å². The minimum atomic E-state index is -0.219. The van der Waals surface area contributed by atoms with Gasteiger partial charge in [0.05, 0.1) is 0 Å². The minimum Gasteiger partial charge on any atom is -0.342 e. The summed E-state index contributed by atoms with van der Waals surface area (Å²) in [5.41, 5.74) is 0.129. The van der Waals surface area contributed by atoms with Crippen LogP contribution in [-0.2, 0) is 9.59 Å². The molecule has 0 aromatic carbocycles. The van der Waals surface area contributed by atoms with Gasteiger partial charge in [0.25, 0.3) is 0 Å². The van der Waals surface area contributed by atoms with Crippen molar-refractivity contribution in [3.63, 3.8) is 0 Å². The molecule has 1 amide bonds. The molecule has 0 aliphatic carbocycles. The number of piperidine rings is 1. The molecule has 0 bridgehead atoms. The van der Waals surface area contributed by atoms with E-state index in [1.807, 2.05) is 18.9 Å². The molecule has 4 heteroatoms. The third-order valence-corrected chi connectivity index (χ3v) is 5.05. The molecule has 0 radical (unpaired) electrons. The van der Waals surface area contributed by atoms with E-state index in [0.717, 1.165) is 19.1 Å². The van der Waals surface area contributed by atoms with Crippen molar-refractivity contribution in [1.29, 1.82) is 0 Å². The molecule has 1 aliphatic rings. The molecule has 0 N–H and O–H groups in total. The first kappa shape index (κ1) is 17.2. The van der Waals surface area contributed by atoms with Crippen LogP contribution in [0.1, 0.15) is 53.9 Å². The molecule has 1 atom stereocenters. The van der Waals surface area contributed by atoms with Gasteiger partial charge in [-0.2, -0.15) is 0 Å². The van der Waals surface area contributed by atoms with Crippen molar-refractivity contribution < 1.29 is 9.59 Å². The summed E-state index contributed by atoms with van der Waals surface area (Å²) in [6.07, 6.45) is 3.06. The van der Waals surface area contributed by atoms with Crippen molar-refractivity contribution in [3.8, 4) is 0 Å². The van der Waals surface area contributed by atoms with Crippen molar-refractivity contribution in [3.05, 3.63) is 0 Å². The second-order valence-electron chi connectivity index (χ2n) is 7.50. The summed E-state index contributed by atoms with van der Waals surface area (Å²) in [4.78, 5) is 27.3. The monoisotopic (exact) mass is 282 g/mol. The maximum Gasteiger partial charge on any atom is 0.225 e. The van der Waals surface area contributed by atoms with E-state index in [2.05, 4.69) is 39.6 Å². The normalized spacial score (nSPS) is 24.1. The first-order valence-corrected chi connectivity index (χ1v) is 7.47. The predicted molar refractivity (Wildman–Crippen MR) is 81.6 cm³/mol. The molecule has 4 nitrogen and oxygen atoms in total. The Labute approximate surface area is 123 Å². The first-order valence-electron chi connectivity index (χ1n) is 7.47. The lowest BCUT2D eigenvalue weighted by Gasteiger charge is -2.55. The Morgan fingerprint density at radius 1 is 1.30 bits per heavy atom. The van der Waals surface area contributed by atoms with Crippen LogP contribution < -0.4 is 0 Å². The fraction of sp³-hybridized carbons (Fsp3) is 0.875. The van der Waals surface area contributed by atoms with Crippen LogP contribution in [0.3, 0.4) is 0 Å². The standard InChI is InChI=1S/C16H30N2O2/c1-12(8-9-19)14(20)17(6)13-10-15(2,3)18(7)16(4,5)11-13/h9,12-13H,8,10-11H2,1-7H3. The highest BCUT2D eigenvalue weighted by Gasteiger charge is 2.45. The average molecular weight is 282 g/mol. The number of nitrogens with zero attached hydrogens (tertiary/aromatic N) is 2. The zero-order valence-corrected chi connectivity index (χ0v) is 14.1. The van der Waals surface area contributed by atoms with Gasteiger partial charge in [-0.3, -0.25) is 9.69 Å². The smallest absolute Gasteiger partial charge is 0.225 e. The van der Waals surface area contributed by atoms with E-state index in [1.54, 1.807) is 0 Å². The largest absolute Gasteiger partial charge is 0.342 e. The number of amides is 1. The molecule has 1 rings (SSSR count). The molecular formula is C16H30N2O2. The lowest BCUT2D eigenvalue weighted by atomic mass is 9.77. The maximum atomic E-state index is 12.4. The highest BCUT2D eigenvalue weighted by molar-refractivity contribution is 5.80. The van der Waals surface area contributed by atoms with Crippen molar-refractivity contribution in [2.24, 2.45) is 5.92 Å². The van der Waals surface area contributed by atoms with E-state index in [1.165, 1.54) is 0 Å². The summed E-state index contributed by atoms with van der Waals surface area (Å²) in [7, 11) is 4.04. The third kappa shape index (κ3) is 3.40. The van der Waals surface area contributed by atoms with E-state index >= 15 is 0 Å². The van der Waals surface area contributed by atoms with Crippen LogP contribution in [0, 0.1) is 5.92 Å². The summed E-state index contributed by atoms with van der Waals surface area (Å²) < 4.78 is 0. The molecule has 1 heterocycles. The van der Waals surface area contributed by atoms with Gasteiger partial charge in [-0.1, -0.05) is 6.92 Å². The molecule has 0 aromatic rings. The van der Waals surface area contributed by atoms with Crippen LogP contribution in [0.2, 0.25) is 0 Å². The molecule has 1 fully saturated rings. The number of rotatable bonds is 4. The first-order chi connectivity index (χ1) is 9.03. The average Bonchev–Trinajstić information content (AvgIpc) is 2.33. The summed E-state index contributed by atoms with van der Waals surface area (Å²) in [6.45, 7) is 10.8. The SMILES string of the molecule is CC(CC=O)C(=O)N(C)C1CC(C)(C)N(C)C(C)(C)C1. The van der Waals surface area contributed by atoms with E-state index < -0.39 is 0 Å². The topological polar surface area (TPSA) is 40.6 Å². The Morgan fingerprint density at radius 2 is 1.75 bits per heavy atom. The van der Waals surface area contributed by atoms with Crippen molar-refractivity contribution in [2.75, 3.05) is 14.1 Å². The molecule has 0 spiro atoms. The molecule has 0 saturated carbocycles. The number of aldehydes is 1. The van der Waals surface area contributed by atoms with Gasteiger partial charge in [-0.25, -0.2) is 0 Å². The van der Waals surface area contributed by atoms with Crippen LogP contribution in [0.5, 0.6) is 0 Å². The van der Waals surface area contributed by atoms with Crippen LogP contribution in [0.15, 0.2) is 0 Å². The lowest BCUT2D eigenvalue weighted by molar-refractivity contribution is -0.141. The summed E-state index contributed by atoms with van der Waals surface area (Å²) in [5.74, 6) is -0.137. The van der Waals surface area contributed by atoms with Gasteiger partial charge in [0.15, 0.2) is 0 Å². The maximum absolute atomic E-state index is 12.4. The zero-order valence-electron chi connectivity index (χ0n) is 14.1. The van der Waals surface area contributed by atoms with Gasteiger partial charge in [-0.05, 0) is 47.6 Å². The number of carbonyl (C=O) groups is 2. The zero-order chi connectivity index (χ0) is 15.7. The fourth-order valence-corrected chi connectivity index (χ4v) is 3.37. The lowest BCUT2D eigenvalue weighted by Crippen LogP contribution is -2.63. The molecule has 1 saturated heterocycles. The van der Waals surface area contributed by atoms with Gasteiger partial charge in [0, 0.05) is 36.5 Å². The summed E-state index contributed by atoms with van der Waals surface area (Å²) >= 11 is 0. The van der Waals surface area contributed by atoms with Crippen LogP contribution in [0.4, 0.5) is 0 Å². The second kappa shape index (κ2) is 5.84. The Hall–Kier alpha value is -0.900. The molecule has 1 aliphatic heterocycles. The van der Waals surface area contributed by atoms with E-state index in [-0.39, 0.29) is 28.9 Å². The number of hydrogen-bond donors (Lipinski definition) is 0. The molecular weight excluding hydrogens is 252 g/mol. The second-order valence-corrected chi connectivity index (χ2v) is 7.50. The summed E-state index contributed by atoms with van der Waals surface area (Å²) in [6, 6.07) is 0.234. The Balaban J connectivity index is 2.86. The Bertz CT molecular complexity index is 359. The molecule has 0 aromatic heterocycles. The van der Waals surface area contributed by atoms with Gasteiger partial charge in [0.2, 0.25) is 5.91 Å². The van der Waals surface area contributed by atoms with Gasteiger partial charge < -0.3 is 9.69 Å². The van der Waals surface area contributed by atoms with Gasteiger partial charge in [-0.15, -0.1) is 0 Å². The minimum absolute atomic E-state index is 0.0643. The Morgan fingerprint density at radius 3 is 2.15 bits per heavy atom. The van der Waals surface area contributed by atoms with E-state index in [4.69, 9.17) is 0 Å². The van der Waals surface area contributed by atoms with E-state index in [0.29, 0.717) is 6.42 Å². The number of likely N-dealkylation sites (tertiary alicyclic amines) is 1. The highest BCUT2D eigenvalue weighted by atomic mass is 16.2. The van der Waals surface area contributed by atoms with Gasteiger partial charge in [0.1, 0.15) is 6.29 Å². The number of hydrogen-bond acceptors (Lipinski definition) is 3. The Kier molecular flexibility index (Phi) is 5.01. The quantitative estimate of drug-likeness (QED) is 0.743. The van der Waals surface area contributed by atoms with Crippen LogP contribution in [-0.4, -0.2) is 53.2 Å². The molecule has 1 unspecified atom stereocenters. The van der Waals surface area contributed by atoms with E-state index in [9.17, 15) is 9.59 Å². The van der Waals surface area contributed by atoms with Crippen LogP contribution in [0.25, 0.3) is 0 Å². The van der Waals surface area contributed by atoms with Gasteiger partial charge >= 0.3 is 0 Å².